The molecule has 0 fully saturated rings. The van der Waals surface area contributed by atoms with E-state index < -0.39 is 0 Å². The number of nitrogens with zero attached hydrogens (tertiary/aromatic N) is 1. The molecule has 2 aromatic rings. The van der Waals surface area contributed by atoms with E-state index in [1.165, 1.54) is 0 Å². The van der Waals surface area contributed by atoms with Crippen LogP contribution in [0.25, 0.3) is 0 Å². The van der Waals surface area contributed by atoms with Gasteiger partial charge in [-0.3, -0.25) is 4.79 Å². The lowest BCUT2D eigenvalue weighted by Crippen LogP contribution is -2.26. The number of carbonyl (C=O) groups is 1. The van der Waals surface area contributed by atoms with Crippen LogP contribution in [0.5, 0.6) is 5.75 Å². The van der Waals surface area contributed by atoms with Crippen LogP contribution in [-0.4, -0.2) is 23.0 Å². The molecule has 0 heterocycles. The van der Waals surface area contributed by atoms with Gasteiger partial charge in [0.15, 0.2) is 0 Å². The second-order valence-corrected chi connectivity index (χ2v) is 4.62. The standard InChI is InChI=1S/C16H17NO2/c1-12-7-6-10-14(15(12)18)16(19)17(2)11-13-8-4-3-5-9-13/h3-10,18H,11H2,1-2H3. The number of amides is 1. The molecule has 0 aromatic heterocycles. The summed E-state index contributed by atoms with van der Waals surface area (Å²) in [6, 6.07) is 15.0. The highest BCUT2D eigenvalue weighted by atomic mass is 16.3. The SMILES string of the molecule is Cc1cccc(C(=O)N(C)Cc2ccccc2)c1O. The maximum Gasteiger partial charge on any atom is 0.257 e. The Morgan fingerprint density at radius 3 is 2.47 bits per heavy atom. The van der Waals surface area contributed by atoms with Crippen LogP contribution in [0.1, 0.15) is 21.5 Å². The van der Waals surface area contributed by atoms with Crippen LogP contribution in [0, 0.1) is 6.92 Å². The second-order valence-electron chi connectivity index (χ2n) is 4.62. The number of hydrogen-bond acceptors (Lipinski definition) is 2. The quantitative estimate of drug-likeness (QED) is 0.916. The summed E-state index contributed by atoms with van der Waals surface area (Å²) >= 11 is 0. The highest BCUT2D eigenvalue weighted by Gasteiger charge is 2.16. The van der Waals surface area contributed by atoms with E-state index in [4.69, 9.17) is 0 Å². The van der Waals surface area contributed by atoms with E-state index >= 15 is 0 Å². The fraction of sp³-hybridized carbons (Fsp3) is 0.188. The van der Waals surface area contributed by atoms with Crippen molar-refractivity contribution in [2.45, 2.75) is 13.5 Å². The Labute approximate surface area is 113 Å². The van der Waals surface area contributed by atoms with Gasteiger partial charge in [-0.2, -0.15) is 0 Å². The number of phenolic OH excluding ortho intramolecular Hbond substituents is 1. The fourth-order valence-electron chi connectivity index (χ4n) is 1.97. The third-order valence-electron chi connectivity index (χ3n) is 3.08. The largest absolute Gasteiger partial charge is 0.507 e. The van der Waals surface area contributed by atoms with Gasteiger partial charge in [0.1, 0.15) is 5.75 Å². The summed E-state index contributed by atoms with van der Waals surface area (Å²) in [5, 5.41) is 9.94. The molecule has 1 amide bonds. The van der Waals surface area contributed by atoms with Crippen LogP contribution < -0.4 is 0 Å². The minimum absolute atomic E-state index is 0.0624. The number of rotatable bonds is 3. The van der Waals surface area contributed by atoms with Crippen molar-refractivity contribution in [2.75, 3.05) is 7.05 Å². The van der Waals surface area contributed by atoms with Crippen LogP contribution >= 0.6 is 0 Å². The molecule has 0 radical (unpaired) electrons. The number of carbonyl (C=O) groups excluding carboxylic acids is 1. The average Bonchev–Trinajstić information content (AvgIpc) is 2.42. The molecule has 0 unspecified atom stereocenters. The predicted octanol–water partition coefficient (Wildman–Crippen LogP) is 2.97. The van der Waals surface area contributed by atoms with Crippen molar-refractivity contribution in [3.63, 3.8) is 0 Å². The van der Waals surface area contributed by atoms with Gasteiger partial charge in [-0.05, 0) is 24.1 Å². The first-order valence-corrected chi connectivity index (χ1v) is 6.17. The van der Waals surface area contributed by atoms with E-state index in [2.05, 4.69) is 0 Å². The first kappa shape index (κ1) is 13.1. The van der Waals surface area contributed by atoms with Crippen molar-refractivity contribution in [1.82, 2.24) is 4.90 Å². The Kier molecular flexibility index (Phi) is 3.85. The third kappa shape index (κ3) is 2.94. The Bertz CT molecular complexity index is 579. The molecular weight excluding hydrogens is 238 g/mol. The highest BCUT2D eigenvalue weighted by Crippen LogP contribution is 2.23. The van der Waals surface area contributed by atoms with Crippen molar-refractivity contribution < 1.29 is 9.90 Å². The van der Waals surface area contributed by atoms with Gasteiger partial charge in [-0.25, -0.2) is 0 Å². The number of phenols is 1. The summed E-state index contributed by atoms with van der Waals surface area (Å²) in [5.74, 6) is -0.113. The molecular formula is C16H17NO2. The van der Waals surface area contributed by atoms with E-state index in [0.29, 0.717) is 17.7 Å². The minimum Gasteiger partial charge on any atom is -0.507 e. The maximum atomic E-state index is 12.3. The molecule has 0 aliphatic heterocycles. The van der Waals surface area contributed by atoms with E-state index in [0.717, 1.165) is 5.56 Å². The van der Waals surface area contributed by atoms with Crippen LogP contribution in [-0.2, 0) is 6.54 Å². The first-order chi connectivity index (χ1) is 9.09. The van der Waals surface area contributed by atoms with E-state index in [-0.39, 0.29) is 11.7 Å². The Hall–Kier alpha value is -2.29. The molecule has 3 heteroatoms. The van der Waals surface area contributed by atoms with Crippen molar-refractivity contribution in [3.05, 3.63) is 65.2 Å². The predicted molar refractivity (Wildman–Crippen MR) is 75.1 cm³/mol. The van der Waals surface area contributed by atoms with Gasteiger partial charge >= 0.3 is 0 Å². The van der Waals surface area contributed by atoms with Crippen LogP contribution in [0.4, 0.5) is 0 Å². The minimum atomic E-state index is -0.176. The molecule has 0 spiro atoms. The molecule has 1 N–H and O–H groups in total. The second kappa shape index (κ2) is 5.57. The summed E-state index contributed by atoms with van der Waals surface area (Å²) in [5.41, 5.74) is 2.11. The zero-order valence-electron chi connectivity index (χ0n) is 11.1. The first-order valence-electron chi connectivity index (χ1n) is 6.17. The number of para-hydroxylation sites is 1. The summed E-state index contributed by atoms with van der Waals surface area (Å²) < 4.78 is 0. The van der Waals surface area contributed by atoms with Gasteiger partial charge in [0.05, 0.1) is 5.56 Å². The molecule has 0 saturated heterocycles. The van der Waals surface area contributed by atoms with Crippen molar-refractivity contribution >= 4 is 5.91 Å². The van der Waals surface area contributed by atoms with E-state index in [9.17, 15) is 9.90 Å². The lowest BCUT2D eigenvalue weighted by molar-refractivity contribution is 0.0782. The van der Waals surface area contributed by atoms with Crippen molar-refractivity contribution in [2.24, 2.45) is 0 Å². The molecule has 0 saturated carbocycles. The molecule has 19 heavy (non-hydrogen) atoms. The van der Waals surface area contributed by atoms with Gasteiger partial charge < -0.3 is 10.0 Å². The smallest absolute Gasteiger partial charge is 0.257 e. The van der Waals surface area contributed by atoms with E-state index in [1.807, 2.05) is 30.3 Å². The highest BCUT2D eigenvalue weighted by molar-refractivity contribution is 5.97. The fourth-order valence-corrected chi connectivity index (χ4v) is 1.97. The Morgan fingerprint density at radius 2 is 1.79 bits per heavy atom. The van der Waals surface area contributed by atoms with Gasteiger partial charge in [0.2, 0.25) is 0 Å². The molecule has 2 aromatic carbocycles. The Morgan fingerprint density at radius 1 is 1.11 bits per heavy atom. The topological polar surface area (TPSA) is 40.5 Å². The molecule has 0 aliphatic carbocycles. The number of aryl methyl sites for hydroxylation is 1. The monoisotopic (exact) mass is 255 g/mol. The van der Waals surface area contributed by atoms with Crippen LogP contribution in [0.3, 0.4) is 0 Å². The summed E-state index contributed by atoms with van der Waals surface area (Å²) in [6.07, 6.45) is 0. The zero-order valence-corrected chi connectivity index (χ0v) is 11.1. The molecule has 98 valence electrons. The Balaban J connectivity index is 2.18. The number of hydrogen-bond donors (Lipinski definition) is 1. The normalized spacial score (nSPS) is 10.2. The average molecular weight is 255 g/mol. The molecule has 3 nitrogen and oxygen atoms in total. The van der Waals surface area contributed by atoms with Crippen molar-refractivity contribution in [3.8, 4) is 5.75 Å². The summed E-state index contributed by atoms with van der Waals surface area (Å²) in [4.78, 5) is 13.9. The van der Waals surface area contributed by atoms with Crippen molar-refractivity contribution in [1.29, 1.82) is 0 Å². The summed E-state index contributed by atoms with van der Waals surface area (Å²) in [6.45, 7) is 2.30. The van der Waals surface area contributed by atoms with Crippen LogP contribution in [0.2, 0.25) is 0 Å². The summed E-state index contributed by atoms with van der Waals surface area (Å²) in [7, 11) is 1.73. The molecule has 2 rings (SSSR count). The number of benzene rings is 2. The third-order valence-corrected chi connectivity index (χ3v) is 3.08. The van der Waals surface area contributed by atoms with Gasteiger partial charge in [-0.15, -0.1) is 0 Å². The lowest BCUT2D eigenvalue weighted by Gasteiger charge is -2.18. The maximum absolute atomic E-state index is 12.3. The zero-order chi connectivity index (χ0) is 13.8. The van der Waals surface area contributed by atoms with Gasteiger partial charge in [0.25, 0.3) is 5.91 Å². The molecule has 0 bridgehead atoms. The molecule has 0 atom stereocenters. The van der Waals surface area contributed by atoms with Crippen LogP contribution in [0.15, 0.2) is 48.5 Å². The molecule has 0 aliphatic rings. The number of aromatic hydroxyl groups is 1. The van der Waals surface area contributed by atoms with Gasteiger partial charge in [0, 0.05) is 13.6 Å². The lowest BCUT2D eigenvalue weighted by atomic mass is 10.1. The van der Waals surface area contributed by atoms with Gasteiger partial charge in [-0.1, -0.05) is 42.5 Å². The van der Waals surface area contributed by atoms with E-state index in [1.54, 1.807) is 37.1 Å².